The van der Waals surface area contributed by atoms with Gasteiger partial charge in [0.2, 0.25) is 0 Å². The summed E-state index contributed by atoms with van der Waals surface area (Å²) in [6.07, 6.45) is 2.06. The van der Waals surface area contributed by atoms with Crippen LogP contribution in [0, 0.1) is 5.82 Å². The topological polar surface area (TPSA) is 24.9 Å². The summed E-state index contributed by atoms with van der Waals surface area (Å²) in [5, 5.41) is 4.08. The summed E-state index contributed by atoms with van der Waals surface area (Å²) in [5.41, 5.74) is 0.728. The lowest BCUT2D eigenvalue weighted by molar-refractivity contribution is 0.629. The molecule has 1 heterocycles. The van der Waals surface area contributed by atoms with Crippen LogP contribution in [-0.4, -0.2) is 23.5 Å². The van der Waals surface area contributed by atoms with Gasteiger partial charge in [-0.05, 0) is 18.4 Å². The van der Waals surface area contributed by atoms with Gasteiger partial charge in [0.15, 0.2) is 5.13 Å². The predicted octanol–water partition coefficient (Wildman–Crippen LogP) is 3.21. The van der Waals surface area contributed by atoms with Crippen LogP contribution < -0.4 is 5.32 Å². The minimum absolute atomic E-state index is 0.233. The lowest BCUT2D eigenvalue weighted by atomic mass is 10.3. The van der Waals surface area contributed by atoms with E-state index in [4.69, 9.17) is 0 Å². The average molecular weight is 242 g/mol. The second kappa shape index (κ2) is 4.81. The Hall–Kier alpha value is -0.810. The highest BCUT2D eigenvalue weighted by molar-refractivity contribution is 7.98. The second-order valence-electron chi connectivity index (χ2n) is 3.05. The molecule has 2 rings (SSSR count). The molecule has 0 unspecified atom stereocenters. The monoisotopic (exact) mass is 242 g/mol. The van der Waals surface area contributed by atoms with E-state index >= 15 is 0 Å². The fourth-order valence-electron chi connectivity index (χ4n) is 1.24. The van der Waals surface area contributed by atoms with Gasteiger partial charge in [0, 0.05) is 18.4 Å². The quantitative estimate of drug-likeness (QED) is 0.833. The van der Waals surface area contributed by atoms with E-state index in [1.807, 2.05) is 0 Å². The van der Waals surface area contributed by atoms with Crippen molar-refractivity contribution >= 4 is 38.4 Å². The molecule has 1 aromatic carbocycles. The number of rotatable bonds is 4. The standard InChI is InChI=1S/C10H11FN2S2/c1-14-5-4-12-10-13-8-6-7(11)2-3-9(8)15-10/h2-3,6H,4-5H2,1H3,(H,12,13). The van der Waals surface area contributed by atoms with Crippen molar-refractivity contribution in [3.63, 3.8) is 0 Å². The van der Waals surface area contributed by atoms with Gasteiger partial charge < -0.3 is 5.32 Å². The molecule has 1 N–H and O–H groups in total. The fraction of sp³-hybridized carbons (Fsp3) is 0.300. The maximum absolute atomic E-state index is 12.9. The van der Waals surface area contributed by atoms with Crippen molar-refractivity contribution < 1.29 is 4.39 Å². The van der Waals surface area contributed by atoms with Crippen LogP contribution in [0.25, 0.3) is 10.2 Å². The van der Waals surface area contributed by atoms with Crippen molar-refractivity contribution in [2.75, 3.05) is 23.9 Å². The molecule has 5 heteroatoms. The number of nitrogens with zero attached hydrogens (tertiary/aromatic N) is 1. The van der Waals surface area contributed by atoms with Gasteiger partial charge in [-0.3, -0.25) is 0 Å². The van der Waals surface area contributed by atoms with Crippen LogP contribution in [0.2, 0.25) is 0 Å². The molecule has 15 heavy (non-hydrogen) atoms. The van der Waals surface area contributed by atoms with Crippen molar-refractivity contribution in [1.82, 2.24) is 4.98 Å². The van der Waals surface area contributed by atoms with Gasteiger partial charge in [-0.15, -0.1) is 0 Å². The third kappa shape index (κ3) is 2.60. The Morgan fingerprint density at radius 2 is 2.40 bits per heavy atom. The summed E-state index contributed by atoms with van der Waals surface area (Å²) in [6, 6.07) is 4.69. The Morgan fingerprint density at radius 1 is 1.53 bits per heavy atom. The van der Waals surface area contributed by atoms with Crippen molar-refractivity contribution in [2.24, 2.45) is 0 Å². The molecule has 0 aliphatic carbocycles. The first-order valence-electron chi connectivity index (χ1n) is 4.58. The number of anilines is 1. The van der Waals surface area contributed by atoms with Crippen LogP contribution in [0.5, 0.6) is 0 Å². The second-order valence-corrected chi connectivity index (χ2v) is 5.07. The lowest BCUT2D eigenvalue weighted by Crippen LogP contribution is -2.02. The third-order valence-corrected chi connectivity index (χ3v) is 3.54. The third-order valence-electron chi connectivity index (χ3n) is 1.93. The predicted molar refractivity (Wildman–Crippen MR) is 66.4 cm³/mol. The highest BCUT2D eigenvalue weighted by Gasteiger charge is 2.03. The van der Waals surface area contributed by atoms with Gasteiger partial charge in [-0.1, -0.05) is 11.3 Å². The maximum Gasteiger partial charge on any atom is 0.183 e. The van der Waals surface area contributed by atoms with Gasteiger partial charge >= 0.3 is 0 Å². The Kier molecular flexibility index (Phi) is 3.43. The van der Waals surface area contributed by atoms with Crippen molar-refractivity contribution in [2.45, 2.75) is 0 Å². The number of nitrogens with one attached hydrogen (secondary N) is 1. The molecule has 0 aliphatic rings. The smallest absolute Gasteiger partial charge is 0.183 e. The minimum atomic E-state index is -0.233. The van der Waals surface area contributed by atoms with Crippen LogP contribution in [0.4, 0.5) is 9.52 Å². The molecule has 1 aromatic heterocycles. The Bertz CT molecular complexity index is 456. The first kappa shape index (κ1) is 10.7. The van der Waals surface area contributed by atoms with Gasteiger partial charge in [0.25, 0.3) is 0 Å². The largest absolute Gasteiger partial charge is 0.361 e. The Balaban J connectivity index is 2.16. The van der Waals surface area contributed by atoms with Gasteiger partial charge in [-0.25, -0.2) is 9.37 Å². The van der Waals surface area contributed by atoms with Crippen LogP contribution in [-0.2, 0) is 0 Å². The van der Waals surface area contributed by atoms with E-state index in [2.05, 4.69) is 16.6 Å². The molecule has 0 bridgehead atoms. The number of thiazole rings is 1. The molecular weight excluding hydrogens is 231 g/mol. The summed E-state index contributed by atoms with van der Waals surface area (Å²) in [7, 11) is 0. The van der Waals surface area contributed by atoms with Crippen LogP contribution in [0.15, 0.2) is 18.2 Å². The zero-order chi connectivity index (χ0) is 10.7. The number of hydrogen-bond donors (Lipinski definition) is 1. The molecule has 0 spiro atoms. The molecule has 80 valence electrons. The minimum Gasteiger partial charge on any atom is -0.361 e. The Labute approximate surface area is 95.9 Å². The lowest BCUT2D eigenvalue weighted by Gasteiger charge is -1.98. The molecule has 2 nitrogen and oxygen atoms in total. The highest BCUT2D eigenvalue weighted by atomic mass is 32.2. The maximum atomic E-state index is 12.9. The molecule has 0 radical (unpaired) electrons. The summed E-state index contributed by atoms with van der Waals surface area (Å²) >= 11 is 3.34. The summed E-state index contributed by atoms with van der Waals surface area (Å²) in [5.74, 6) is 0.813. The SMILES string of the molecule is CSCCNc1nc2cc(F)ccc2s1. The van der Waals surface area contributed by atoms with E-state index in [0.29, 0.717) is 0 Å². The summed E-state index contributed by atoms with van der Waals surface area (Å²) in [4.78, 5) is 4.30. The van der Waals surface area contributed by atoms with Crippen LogP contribution >= 0.6 is 23.1 Å². The molecule has 2 aromatic rings. The normalized spacial score (nSPS) is 10.8. The van der Waals surface area contributed by atoms with E-state index in [9.17, 15) is 4.39 Å². The molecule has 0 saturated carbocycles. The van der Waals surface area contributed by atoms with E-state index in [-0.39, 0.29) is 5.82 Å². The van der Waals surface area contributed by atoms with Gasteiger partial charge in [-0.2, -0.15) is 11.8 Å². The molecule has 0 fully saturated rings. The number of halogens is 1. The fourth-order valence-corrected chi connectivity index (χ4v) is 2.41. The molecule has 0 saturated heterocycles. The first-order valence-corrected chi connectivity index (χ1v) is 6.79. The van der Waals surface area contributed by atoms with Gasteiger partial charge in [0.05, 0.1) is 10.2 Å². The summed E-state index contributed by atoms with van der Waals surface area (Å²) in [6.45, 7) is 0.892. The molecule has 0 atom stereocenters. The Morgan fingerprint density at radius 3 is 3.20 bits per heavy atom. The first-order chi connectivity index (χ1) is 7.29. The van der Waals surface area contributed by atoms with E-state index < -0.39 is 0 Å². The number of benzene rings is 1. The molecule has 0 amide bonds. The van der Waals surface area contributed by atoms with Crippen molar-refractivity contribution in [1.29, 1.82) is 0 Å². The zero-order valence-electron chi connectivity index (χ0n) is 8.29. The van der Waals surface area contributed by atoms with E-state index in [1.54, 1.807) is 29.2 Å². The highest BCUT2D eigenvalue weighted by Crippen LogP contribution is 2.26. The van der Waals surface area contributed by atoms with Gasteiger partial charge in [0.1, 0.15) is 5.82 Å². The van der Waals surface area contributed by atoms with Crippen LogP contribution in [0.3, 0.4) is 0 Å². The van der Waals surface area contributed by atoms with Crippen molar-refractivity contribution in [3.8, 4) is 0 Å². The summed E-state index contributed by atoms with van der Waals surface area (Å²) < 4.78 is 13.9. The number of fused-ring (bicyclic) bond motifs is 1. The van der Waals surface area contributed by atoms with E-state index in [0.717, 1.165) is 27.6 Å². The van der Waals surface area contributed by atoms with Crippen LogP contribution in [0.1, 0.15) is 0 Å². The number of aromatic nitrogens is 1. The molecular formula is C10H11FN2S2. The van der Waals surface area contributed by atoms with E-state index in [1.165, 1.54) is 12.1 Å². The van der Waals surface area contributed by atoms with Crippen molar-refractivity contribution in [3.05, 3.63) is 24.0 Å². The average Bonchev–Trinajstić information content (AvgIpc) is 2.60. The number of thioether (sulfide) groups is 1. The number of hydrogen-bond acceptors (Lipinski definition) is 4. The molecule has 0 aliphatic heterocycles. The zero-order valence-corrected chi connectivity index (χ0v) is 9.92.